The summed E-state index contributed by atoms with van der Waals surface area (Å²) in [5.74, 6) is 1.39. The van der Waals surface area contributed by atoms with E-state index in [9.17, 15) is 4.79 Å². The van der Waals surface area contributed by atoms with E-state index in [0.717, 1.165) is 25.1 Å². The minimum absolute atomic E-state index is 0. The van der Waals surface area contributed by atoms with E-state index in [0.29, 0.717) is 18.3 Å². The normalized spacial score (nSPS) is 24.7. The third kappa shape index (κ3) is 3.73. The first kappa shape index (κ1) is 18.0. The summed E-state index contributed by atoms with van der Waals surface area (Å²) >= 11 is 0. The van der Waals surface area contributed by atoms with E-state index >= 15 is 0 Å². The number of likely N-dealkylation sites (tertiary alicyclic amines) is 1. The summed E-state index contributed by atoms with van der Waals surface area (Å²) in [7, 11) is 0. The summed E-state index contributed by atoms with van der Waals surface area (Å²) in [5.41, 5.74) is 9.65. The molecule has 0 aromatic heterocycles. The average molecular weight is 357 g/mol. The van der Waals surface area contributed by atoms with E-state index in [-0.39, 0.29) is 24.4 Å². The van der Waals surface area contributed by atoms with E-state index < -0.39 is 0 Å². The molecule has 25 heavy (non-hydrogen) atoms. The van der Waals surface area contributed by atoms with E-state index in [1.165, 1.54) is 17.5 Å². The average Bonchev–Trinajstić information content (AvgIpc) is 3.19. The lowest BCUT2D eigenvalue weighted by atomic mass is 9.98. The molecular formula is C21H25ClN2O. The predicted molar refractivity (Wildman–Crippen MR) is 104 cm³/mol. The first-order chi connectivity index (χ1) is 11.7. The van der Waals surface area contributed by atoms with Crippen molar-refractivity contribution in [2.75, 3.05) is 13.1 Å². The highest BCUT2D eigenvalue weighted by Crippen LogP contribution is 2.37. The van der Waals surface area contributed by atoms with Gasteiger partial charge in [0.1, 0.15) is 0 Å². The highest BCUT2D eigenvalue weighted by atomic mass is 35.5. The van der Waals surface area contributed by atoms with Gasteiger partial charge in [-0.25, -0.2) is 0 Å². The summed E-state index contributed by atoms with van der Waals surface area (Å²) in [4.78, 5) is 14.6. The molecule has 2 aromatic rings. The molecule has 0 radical (unpaired) electrons. The molecule has 3 unspecified atom stereocenters. The van der Waals surface area contributed by atoms with Crippen LogP contribution in [0.1, 0.15) is 18.4 Å². The van der Waals surface area contributed by atoms with Crippen molar-refractivity contribution in [1.82, 2.24) is 4.90 Å². The standard InChI is InChI=1S/C21H24N2O.ClH/c22-20-11-10-18-13-23(14-19(18)20)21(24)12-15-6-8-17(9-7-15)16-4-2-1-3-5-16;/h1-9,18-20H,10-14,22H2;1H. The number of rotatable bonds is 3. The Morgan fingerprint density at radius 3 is 2.32 bits per heavy atom. The van der Waals surface area contributed by atoms with Gasteiger partial charge in [0.2, 0.25) is 5.91 Å². The second kappa shape index (κ2) is 7.59. The third-order valence-electron chi connectivity index (χ3n) is 5.68. The van der Waals surface area contributed by atoms with Gasteiger partial charge in [0.05, 0.1) is 6.42 Å². The molecule has 4 rings (SSSR count). The van der Waals surface area contributed by atoms with Crippen LogP contribution in [0.2, 0.25) is 0 Å². The summed E-state index contributed by atoms with van der Waals surface area (Å²) < 4.78 is 0. The summed E-state index contributed by atoms with van der Waals surface area (Å²) in [6.45, 7) is 1.76. The molecule has 1 aliphatic carbocycles. The maximum atomic E-state index is 12.6. The topological polar surface area (TPSA) is 46.3 Å². The van der Waals surface area contributed by atoms with Gasteiger partial charge in [-0.3, -0.25) is 4.79 Å². The molecule has 0 bridgehead atoms. The second-order valence-corrected chi connectivity index (χ2v) is 7.20. The lowest BCUT2D eigenvalue weighted by Crippen LogP contribution is -2.34. The Hall–Kier alpha value is -1.84. The first-order valence-corrected chi connectivity index (χ1v) is 8.88. The zero-order chi connectivity index (χ0) is 16.5. The van der Waals surface area contributed by atoms with E-state index in [4.69, 9.17) is 5.73 Å². The second-order valence-electron chi connectivity index (χ2n) is 7.20. The SMILES string of the molecule is Cl.NC1CCC2CN(C(=O)Cc3ccc(-c4ccccc4)cc3)CC12. The van der Waals surface area contributed by atoms with Gasteiger partial charge in [0.25, 0.3) is 0 Å². The molecule has 3 atom stereocenters. The van der Waals surface area contributed by atoms with Crippen molar-refractivity contribution in [3.8, 4) is 11.1 Å². The maximum absolute atomic E-state index is 12.6. The van der Waals surface area contributed by atoms with Crippen molar-refractivity contribution in [2.45, 2.75) is 25.3 Å². The number of amides is 1. The molecule has 1 amide bonds. The molecule has 2 aromatic carbocycles. The van der Waals surface area contributed by atoms with Gasteiger partial charge in [-0.2, -0.15) is 0 Å². The summed E-state index contributed by atoms with van der Waals surface area (Å²) in [6, 6.07) is 19.0. The van der Waals surface area contributed by atoms with Gasteiger partial charge in [0, 0.05) is 19.1 Å². The smallest absolute Gasteiger partial charge is 0.227 e. The van der Waals surface area contributed by atoms with Crippen molar-refractivity contribution in [2.24, 2.45) is 17.6 Å². The van der Waals surface area contributed by atoms with Gasteiger partial charge < -0.3 is 10.6 Å². The first-order valence-electron chi connectivity index (χ1n) is 8.88. The van der Waals surface area contributed by atoms with E-state index in [1.807, 2.05) is 23.1 Å². The zero-order valence-electron chi connectivity index (χ0n) is 14.3. The fraction of sp³-hybridized carbons (Fsp3) is 0.381. The molecule has 2 fully saturated rings. The third-order valence-corrected chi connectivity index (χ3v) is 5.68. The molecule has 3 nitrogen and oxygen atoms in total. The Balaban J connectivity index is 0.00000182. The molecule has 1 heterocycles. The fourth-order valence-corrected chi connectivity index (χ4v) is 4.24. The van der Waals surface area contributed by atoms with Crippen molar-refractivity contribution < 1.29 is 4.79 Å². The molecule has 1 saturated heterocycles. The number of fused-ring (bicyclic) bond motifs is 1. The van der Waals surface area contributed by atoms with Crippen LogP contribution in [0.5, 0.6) is 0 Å². The van der Waals surface area contributed by atoms with Gasteiger partial charge in [0.15, 0.2) is 0 Å². The lowest BCUT2D eigenvalue weighted by Gasteiger charge is -2.19. The van der Waals surface area contributed by atoms with Crippen molar-refractivity contribution in [1.29, 1.82) is 0 Å². The van der Waals surface area contributed by atoms with Crippen LogP contribution in [0.4, 0.5) is 0 Å². The van der Waals surface area contributed by atoms with Crippen LogP contribution < -0.4 is 5.73 Å². The molecule has 4 heteroatoms. The molecule has 2 N–H and O–H groups in total. The Kier molecular flexibility index (Phi) is 5.45. The minimum atomic E-state index is 0. The number of halogens is 1. The highest BCUT2D eigenvalue weighted by Gasteiger charge is 2.42. The van der Waals surface area contributed by atoms with Crippen LogP contribution in [-0.4, -0.2) is 29.9 Å². The number of nitrogens with zero attached hydrogens (tertiary/aromatic N) is 1. The number of hydrogen-bond donors (Lipinski definition) is 1. The fourth-order valence-electron chi connectivity index (χ4n) is 4.24. The van der Waals surface area contributed by atoms with Gasteiger partial charge in [-0.05, 0) is 41.4 Å². The lowest BCUT2D eigenvalue weighted by molar-refractivity contribution is -0.129. The highest BCUT2D eigenvalue weighted by molar-refractivity contribution is 5.85. The van der Waals surface area contributed by atoms with Gasteiger partial charge in [-0.15, -0.1) is 12.4 Å². The number of benzene rings is 2. The number of nitrogens with two attached hydrogens (primary N) is 1. The Labute approximate surface area is 155 Å². The van der Waals surface area contributed by atoms with E-state index in [1.54, 1.807) is 0 Å². The maximum Gasteiger partial charge on any atom is 0.227 e. The minimum Gasteiger partial charge on any atom is -0.342 e. The van der Waals surface area contributed by atoms with Gasteiger partial charge in [-0.1, -0.05) is 54.6 Å². The predicted octanol–water partition coefficient (Wildman–Crippen LogP) is 3.51. The molecule has 2 aliphatic rings. The van der Waals surface area contributed by atoms with Crippen LogP contribution in [0, 0.1) is 11.8 Å². The van der Waals surface area contributed by atoms with Crippen LogP contribution in [0.3, 0.4) is 0 Å². The van der Waals surface area contributed by atoms with E-state index in [2.05, 4.69) is 36.4 Å². The Morgan fingerprint density at radius 1 is 0.960 bits per heavy atom. The molecule has 0 spiro atoms. The van der Waals surface area contributed by atoms with Crippen LogP contribution >= 0.6 is 12.4 Å². The summed E-state index contributed by atoms with van der Waals surface area (Å²) in [6.07, 6.45) is 2.80. The number of hydrogen-bond acceptors (Lipinski definition) is 2. The van der Waals surface area contributed by atoms with Crippen molar-refractivity contribution in [3.05, 3.63) is 60.2 Å². The summed E-state index contributed by atoms with van der Waals surface area (Å²) in [5, 5.41) is 0. The van der Waals surface area contributed by atoms with Crippen LogP contribution in [0.25, 0.3) is 11.1 Å². The monoisotopic (exact) mass is 356 g/mol. The number of carbonyl (C=O) groups is 1. The largest absolute Gasteiger partial charge is 0.342 e. The van der Waals surface area contributed by atoms with Crippen LogP contribution in [0.15, 0.2) is 54.6 Å². The quantitative estimate of drug-likeness (QED) is 0.914. The molecule has 132 valence electrons. The number of carbonyl (C=O) groups excluding carboxylic acids is 1. The zero-order valence-corrected chi connectivity index (χ0v) is 15.1. The molecular weight excluding hydrogens is 332 g/mol. The Bertz CT molecular complexity index is 716. The molecule has 1 saturated carbocycles. The molecule has 1 aliphatic heterocycles. The van der Waals surface area contributed by atoms with Gasteiger partial charge >= 0.3 is 0 Å². The van der Waals surface area contributed by atoms with Crippen LogP contribution in [-0.2, 0) is 11.2 Å². The van der Waals surface area contributed by atoms with Crippen molar-refractivity contribution in [3.63, 3.8) is 0 Å². The Morgan fingerprint density at radius 2 is 1.64 bits per heavy atom. The van der Waals surface area contributed by atoms with Crippen molar-refractivity contribution >= 4 is 18.3 Å².